The van der Waals surface area contributed by atoms with Crippen molar-refractivity contribution >= 4 is 17.4 Å². The third-order valence-electron chi connectivity index (χ3n) is 4.50. The van der Waals surface area contributed by atoms with E-state index in [0.29, 0.717) is 36.2 Å². The number of nitrogens with one attached hydrogen (secondary N) is 1. The first-order chi connectivity index (χ1) is 10.2. The van der Waals surface area contributed by atoms with Gasteiger partial charge < -0.3 is 10.1 Å². The number of halogens is 1. The van der Waals surface area contributed by atoms with E-state index in [1.807, 2.05) is 12.1 Å². The van der Waals surface area contributed by atoms with Crippen LogP contribution in [0.3, 0.4) is 0 Å². The van der Waals surface area contributed by atoms with E-state index in [-0.39, 0.29) is 0 Å². The molecule has 2 aliphatic rings. The number of rotatable bonds is 5. The summed E-state index contributed by atoms with van der Waals surface area (Å²) in [4.78, 5) is 12.3. The van der Waals surface area contributed by atoms with Crippen LogP contribution in [0.1, 0.15) is 36.8 Å². The molecule has 0 saturated carbocycles. The van der Waals surface area contributed by atoms with Gasteiger partial charge in [0.2, 0.25) is 0 Å². The normalized spacial score (nSPS) is 18.3. The molecule has 3 nitrogen and oxygen atoms in total. The van der Waals surface area contributed by atoms with Crippen LogP contribution in [-0.4, -0.2) is 25.5 Å². The van der Waals surface area contributed by atoms with E-state index in [1.165, 1.54) is 12.8 Å². The summed E-state index contributed by atoms with van der Waals surface area (Å²) in [7, 11) is 0. The molecule has 2 heterocycles. The van der Waals surface area contributed by atoms with Crippen molar-refractivity contribution in [2.75, 3.05) is 19.7 Å². The quantitative estimate of drug-likeness (QED) is 0.908. The summed E-state index contributed by atoms with van der Waals surface area (Å²) in [6.45, 7) is 2.88. The van der Waals surface area contributed by atoms with Crippen LogP contribution in [0.25, 0.3) is 0 Å². The molecule has 0 aliphatic carbocycles. The smallest absolute Gasteiger partial charge is 0.137 e. The van der Waals surface area contributed by atoms with Crippen LogP contribution >= 0.6 is 11.6 Å². The van der Waals surface area contributed by atoms with E-state index in [2.05, 4.69) is 5.32 Å². The third-order valence-corrected chi connectivity index (χ3v) is 4.72. The number of Topliss-reactive ketones (excluding diaryl/α,β-unsaturated/α-hetero) is 1. The largest absolute Gasteiger partial charge is 0.493 e. The summed E-state index contributed by atoms with van der Waals surface area (Å²) in [6, 6.07) is 3.83. The van der Waals surface area contributed by atoms with Crippen molar-refractivity contribution in [3.05, 3.63) is 28.3 Å². The van der Waals surface area contributed by atoms with E-state index in [1.54, 1.807) is 0 Å². The average Bonchev–Trinajstić information content (AvgIpc) is 2.94. The Hall–Kier alpha value is -1.06. The Morgan fingerprint density at radius 2 is 2.14 bits per heavy atom. The number of benzene rings is 1. The maximum atomic E-state index is 12.3. The summed E-state index contributed by atoms with van der Waals surface area (Å²) in [5.41, 5.74) is 2.11. The number of hydrogen-bond donors (Lipinski definition) is 1. The van der Waals surface area contributed by atoms with E-state index in [4.69, 9.17) is 16.3 Å². The maximum Gasteiger partial charge on any atom is 0.137 e. The maximum absolute atomic E-state index is 12.3. The number of ether oxygens (including phenoxy) is 1. The number of hydrogen-bond acceptors (Lipinski definition) is 3. The molecule has 0 atom stereocenters. The van der Waals surface area contributed by atoms with Gasteiger partial charge in [-0.15, -0.1) is 0 Å². The van der Waals surface area contributed by atoms with E-state index in [0.717, 1.165) is 42.8 Å². The predicted molar refractivity (Wildman–Crippen MR) is 84.2 cm³/mol. The lowest BCUT2D eigenvalue weighted by Crippen LogP contribution is -2.28. The molecule has 4 heteroatoms. The van der Waals surface area contributed by atoms with Gasteiger partial charge in [-0.3, -0.25) is 4.79 Å². The Balaban J connectivity index is 1.57. The molecule has 3 rings (SSSR count). The molecule has 1 aromatic carbocycles. The summed E-state index contributed by atoms with van der Waals surface area (Å²) < 4.78 is 5.66. The fourth-order valence-corrected chi connectivity index (χ4v) is 3.58. The van der Waals surface area contributed by atoms with Gasteiger partial charge in [0.05, 0.1) is 6.61 Å². The van der Waals surface area contributed by atoms with Crippen LogP contribution < -0.4 is 10.1 Å². The lowest BCUT2D eigenvalue weighted by molar-refractivity contribution is -0.118. The highest BCUT2D eigenvalue weighted by Crippen LogP contribution is 2.33. The Labute approximate surface area is 131 Å². The molecular weight excluding hydrogens is 286 g/mol. The van der Waals surface area contributed by atoms with Gasteiger partial charge in [-0.05, 0) is 56.0 Å². The van der Waals surface area contributed by atoms with E-state index < -0.39 is 0 Å². The molecule has 0 aromatic heterocycles. The van der Waals surface area contributed by atoms with Gasteiger partial charge in [0.1, 0.15) is 11.5 Å². The highest BCUT2D eigenvalue weighted by atomic mass is 35.5. The number of fused-ring (bicyclic) bond motifs is 1. The second-order valence-electron chi connectivity index (χ2n) is 6.10. The standard InChI is InChI=1S/C17H22ClNO2/c18-15-9-13-5-8-21-17(13)14(10-15)11-16(20)2-1-12-3-6-19-7-4-12/h9-10,12,19H,1-8,11H2. The molecule has 1 saturated heterocycles. The van der Waals surface area contributed by atoms with Gasteiger partial charge in [-0.1, -0.05) is 11.6 Å². The number of ketones is 1. The zero-order valence-electron chi connectivity index (χ0n) is 12.3. The first-order valence-corrected chi connectivity index (χ1v) is 8.26. The first-order valence-electron chi connectivity index (χ1n) is 7.89. The fraction of sp³-hybridized carbons (Fsp3) is 0.588. The monoisotopic (exact) mass is 307 g/mol. The summed E-state index contributed by atoms with van der Waals surface area (Å²) in [5, 5.41) is 4.07. The second kappa shape index (κ2) is 6.80. The minimum atomic E-state index is 0.300. The average molecular weight is 308 g/mol. The van der Waals surface area contributed by atoms with Gasteiger partial charge in [-0.2, -0.15) is 0 Å². The number of carbonyl (C=O) groups is 1. The van der Waals surface area contributed by atoms with Gasteiger partial charge in [0, 0.05) is 29.8 Å². The lowest BCUT2D eigenvalue weighted by Gasteiger charge is -2.22. The second-order valence-corrected chi connectivity index (χ2v) is 6.54. The zero-order valence-corrected chi connectivity index (χ0v) is 13.0. The summed E-state index contributed by atoms with van der Waals surface area (Å²) in [5.74, 6) is 1.90. The Bertz CT molecular complexity index is 524. The van der Waals surface area contributed by atoms with Crippen molar-refractivity contribution in [3.63, 3.8) is 0 Å². The van der Waals surface area contributed by atoms with Crippen molar-refractivity contribution in [3.8, 4) is 5.75 Å². The third kappa shape index (κ3) is 3.78. The first kappa shape index (κ1) is 14.9. The van der Waals surface area contributed by atoms with Crippen molar-refractivity contribution in [2.24, 2.45) is 5.92 Å². The van der Waals surface area contributed by atoms with Gasteiger partial charge in [0.15, 0.2) is 0 Å². The van der Waals surface area contributed by atoms with Crippen LogP contribution in [0.4, 0.5) is 0 Å². The molecule has 0 unspecified atom stereocenters. The fourth-order valence-electron chi connectivity index (χ4n) is 3.31. The number of piperidine rings is 1. The predicted octanol–water partition coefficient (Wildman–Crippen LogP) is 3.17. The lowest BCUT2D eigenvalue weighted by atomic mass is 9.91. The molecule has 1 aromatic rings. The van der Waals surface area contributed by atoms with Crippen molar-refractivity contribution in [1.29, 1.82) is 0 Å². The van der Waals surface area contributed by atoms with Gasteiger partial charge in [-0.25, -0.2) is 0 Å². The van der Waals surface area contributed by atoms with Gasteiger partial charge >= 0.3 is 0 Å². The Morgan fingerprint density at radius 1 is 1.33 bits per heavy atom. The van der Waals surface area contributed by atoms with Crippen molar-refractivity contribution in [1.82, 2.24) is 5.32 Å². The van der Waals surface area contributed by atoms with Crippen molar-refractivity contribution in [2.45, 2.75) is 38.5 Å². The minimum absolute atomic E-state index is 0.300. The summed E-state index contributed by atoms with van der Waals surface area (Å²) >= 11 is 6.14. The molecule has 114 valence electrons. The Kier molecular flexibility index (Phi) is 4.81. The van der Waals surface area contributed by atoms with Crippen LogP contribution in [0.2, 0.25) is 5.02 Å². The van der Waals surface area contributed by atoms with E-state index in [9.17, 15) is 4.79 Å². The topological polar surface area (TPSA) is 38.3 Å². The van der Waals surface area contributed by atoms with Crippen LogP contribution in [-0.2, 0) is 17.6 Å². The van der Waals surface area contributed by atoms with Crippen LogP contribution in [0.15, 0.2) is 12.1 Å². The van der Waals surface area contributed by atoms with Crippen LogP contribution in [0, 0.1) is 5.92 Å². The van der Waals surface area contributed by atoms with Crippen molar-refractivity contribution < 1.29 is 9.53 Å². The van der Waals surface area contributed by atoms with Crippen LogP contribution in [0.5, 0.6) is 5.75 Å². The number of carbonyl (C=O) groups excluding carboxylic acids is 1. The molecule has 1 N–H and O–H groups in total. The SMILES string of the molecule is O=C(CCC1CCNCC1)Cc1cc(Cl)cc2c1OCC2. The molecule has 21 heavy (non-hydrogen) atoms. The Morgan fingerprint density at radius 3 is 2.95 bits per heavy atom. The highest BCUT2D eigenvalue weighted by molar-refractivity contribution is 6.30. The zero-order chi connectivity index (χ0) is 14.7. The molecule has 2 aliphatic heterocycles. The molecule has 0 bridgehead atoms. The minimum Gasteiger partial charge on any atom is -0.493 e. The highest BCUT2D eigenvalue weighted by Gasteiger charge is 2.20. The van der Waals surface area contributed by atoms with E-state index >= 15 is 0 Å². The molecule has 0 radical (unpaired) electrons. The van der Waals surface area contributed by atoms with Gasteiger partial charge in [0.25, 0.3) is 0 Å². The molecule has 0 spiro atoms. The molecule has 0 amide bonds. The molecular formula is C17H22ClNO2. The molecule has 1 fully saturated rings. The summed E-state index contributed by atoms with van der Waals surface area (Å²) in [6.07, 6.45) is 5.43.